The van der Waals surface area contributed by atoms with Crippen molar-refractivity contribution in [1.82, 2.24) is 24.6 Å². The van der Waals surface area contributed by atoms with E-state index in [1.165, 1.54) is 0 Å². The quantitative estimate of drug-likeness (QED) is 0.488. The Hall–Kier alpha value is -2.45. The topological polar surface area (TPSA) is 64.3 Å². The van der Waals surface area contributed by atoms with Gasteiger partial charge in [-0.05, 0) is 57.7 Å². The summed E-state index contributed by atoms with van der Waals surface area (Å²) in [5, 5.41) is 7.48. The van der Waals surface area contributed by atoms with Gasteiger partial charge in [-0.25, -0.2) is 4.68 Å². The fraction of sp³-hybridized carbons (Fsp3) is 0.450. The van der Waals surface area contributed by atoms with E-state index >= 15 is 0 Å². The van der Waals surface area contributed by atoms with E-state index in [2.05, 4.69) is 17.0 Å². The molecule has 1 amide bonds. The molecule has 28 heavy (non-hydrogen) atoms. The minimum Gasteiger partial charge on any atom is -0.486 e. The van der Waals surface area contributed by atoms with Crippen LogP contribution >= 0.6 is 12.2 Å². The van der Waals surface area contributed by atoms with Crippen LogP contribution in [0, 0.1) is 11.7 Å². The number of nitrogens with one attached hydrogen (secondary N) is 1. The fourth-order valence-electron chi connectivity index (χ4n) is 2.74. The zero-order valence-electron chi connectivity index (χ0n) is 17.0. The Morgan fingerprint density at radius 3 is 2.86 bits per heavy atom. The lowest BCUT2D eigenvalue weighted by Gasteiger charge is -2.17. The number of amides is 1. The summed E-state index contributed by atoms with van der Waals surface area (Å²) < 4.78 is 10.0. The molecule has 1 aromatic carbocycles. The zero-order valence-corrected chi connectivity index (χ0v) is 17.8. The van der Waals surface area contributed by atoms with E-state index in [0.29, 0.717) is 30.4 Å². The Morgan fingerprint density at radius 2 is 2.21 bits per heavy atom. The average molecular weight is 404 g/mol. The summed E-state index contributed by atoms with van der Waals surface area (Å²) in [6.45, 7) is 11.2. The molecule has 0 aliphatic carbocycles. The van der Waals surface area contributed by atoms with E-state index in [-0.39, 0.29) is 18.5 Å². The van der Waals surface area contributed by atoms with Crippen LogP contribution in [0.3, 0.4) is 0 Å². The lowest BCUT2D eigenvalue weighted by molar-refractivity contribution is -0.122. The number of carbonyl (C=O) groups excluding carboxylic acids is 1. The minimum atomic E-state index is -0.0300. The number of allylic oxidation sites excluding steroid dienone is 1. The van der Waals surface area contributed by atoms with Gasteiger partial charge in [0.15, 0.2) is 10.6 Å². The first-order valence-corrected chi connectivity index (χ1v) is 9.65. The van der Waals surface area contributed by atoms with Crippen LogP contribution in [-0.4, -0.2) is 44.8 Å². The monoisotopic (exact) mass is 403 g/mol. The van der Waals surface area contributed by atoms with Gasteiger partial charge in [-0.15, -0.1) is 6.58 Å². The molecular formula is C20H29N5O2S. The number of nitrogens with zero attached hydrogens (tertiary/aromatic N) is 4. The first-order valence-electron chi connectivity index (χ1n) is 9.25. The van der Waals surface area contributed by atoms with E-state index in [1.54, 1.807) is 10.8 Å². The van der Waals surface area contributed by atoms with Crippen LogP contribution in [-0.2, 0) is 24.6 Å². The Balaban J connectivity index is 2.11. The highest BCUT2D eigenvalue weighted by molar-refractivity contribution is 7.71. The third-order valence-electron chi connectivity index (χ3n) is 3.91. The van der Waals surface area contributed by atoms with Crippen molar-refractivity contribution in [2.75, 3.05) is 13.6 Å². The minimum absolute atomic E-state index is 0.0300. The van der Waals surface area contributed by atoms with Gasteiger partial charge in [0, 0.05) is 12.6 Å². The highest BCUT2D eigenvalue weighted by Gasteiger charge is 2.14. The SMILES string of the molecule is C=CCn1c(COc2cccc(C)c2)nn(CN(C)CC(=O)NC(C)C)c1=S. The first kappa shape index (κ1) is 21.8. The molecule has 0 spiro atoms. The van der Waals surface area contributed by atoms with Crippen LogP contribution < -0.4 is 10.1 Å². The van der Waals surface area contributed by atoms with Crippen LogP contribution in [0.5, 0.6) is 5.75 Å². The van der Waals surface area contributed by atoms with E-state index in [4.69, 9.17) is 17.0 Å². The van der Waals surface area contributed by atoms with Crippen LogP contribution in [0.1, 0.15) is 25.2 Å². The average Bonchev–Trinajstić information content (AvgIpc) is 2.88. The second kappa shape index (κ2) is 10.2. The molecule has 0 radical (unpaired) electrons. The standard InChI is InChI=1S/C20H29N5O2S/c1-6-10-24-18(13-27-17-9-7-8-16(4)11-17)22-25(20(24)28)14-23(5)12-19(26)21-15(2)3/h6-9,11,15H,1,10,12-14H2,2-5H3,(H,21,26). The van der Waals surface area contributed by atoms with Gasteiger partial charge >= 0.3 is 0 Å². The molecule has 8 heteroatoms. The molecule has 152 valence electrons. The molecule has 0 bridgehead atoms. The van der Waals surface area contributed by atoms with Crippen LogP contribution in [0.2, 0.25) is 0 Å². The summed E-state index contributed by atoms with van der Waals surface area (Å²) in [5.41, 5.74) is 1.13. The summed E-state index contributed by atoms with van der Waals surface area (Å²) >= 11 is 5.56. The number of aromatic nitrogens is 3. The van der Waals surface area contributed by atoms with Crippen molar-refractivity contribution in [2.24, 2.45) is 0 Å². The Bertz CT molecular complexity index is 872. The molecule has 0 atom stereocenters. The maximum atomic E-state index is 12.0. The van der Waals surface area contributed by atoms with Crippen LogP contribution in [0.15, 0.2) is 36.9 Å². The van der Waals surface area contributed by atoms with Gasteiger partial charge in [-0.1, -0.05) is 18.2 Å². The van der Waals surface area contributed by atoms with Crippen molar-refractivity contribution >= 4 is 18.1 Å². The number of rotatable bonds is 10. The van der Waals surface area contributed by atoms with Crippen molar-refractivity contribution in [3.05, 3.63) is 53.1 Å². The van der Waals surface area contributed by atoms with Crippen molar-refractivity contribution in [1.29, 1.82) is 0 Å². The molecule has 0 saturated heterocycles. The first-order chi connectivity index (χ1) is 13.3. The molecule has 2 aromatic rings. The molecule has 7 nitrogen and oxygen atoms in total. The lowest BCUT2D eigenvalue weighted by Crippen LogP contribution is -2.39. The van der Waals surface area contributed by atoms with E-state index in [0.717, 1.165) is 11.3 Å². The highest BCUT2D eigenvalue weighted by atomic mass is 32.1. The normalized spacial score (nSPS) is 11.1. The van der Waals surface area contributed by atoms with E-state index in [9.17, 15) is 4.79 Å². The van der Waals surface area contributed by atoms with Gasteiger partial charge in [0.1, 0.15) is 12.4 Å². The largest absolute Gasteiger partial charge is 0.486 e. The van der Waals surface area contributed by atoms with E-state index < -0.39 is 0 Å². The van der Waals surface area contributed by atoms with Crippen molar-refractivity contribution in [3.8, 4) is 5.75 Å². The predicted octanol–water partition coefficient (Wildman–Crippen LogP) is 2.90. The van der Waals surface area contributed by atoms with Gasteiger partial charge < -0.3 is 10.1 Å². The van der Waals surface area contributed by atoms with Gasteiger partial charge in [0.05, 0.1) is 13.2 Å². The highest BCUT2D eigenvalue weighted by Crippen LogP contribution is 2.14. The number of hydrogen-bond donors (Lipinski definition) is 1. The molecule has 1 N–H and O–H groups in total. The third kappa shape index (κ3) is 6.31. The maximum Gasteiger partial charge on any atom is 0.234 e. The molecule has 0 saturated carbocycles. The van der Waals surface area contributed by atoms with Crippen molar-refractivity contribution < 1.29 is 9.53 Å². The zero-order chi connectivity index (χ0) is 20.7. The Morgan fingerprint density at radius 1 is 1.46 bits per heavy atom. The van der Waals surface area contributed by atoms with Crippen molar-refractivity contribution in [3.63, 3.8) is 0 Å². The second-order valence-corrected chi connectivity index (χ2v) is 7.45. The summed E-state index contributed by atoms with van der Waals surface area (Å²) in [4.78, 5) is 13.8. The summed E-state index contributed by atoms with van der Waals surface area (Å²) in [7, 11) is 1.86. The molecule has 0 aliphatic heterocycles. The van der Waals surface area contributed by atoms with Gasteiger partial charge in [-0.3, -0.25) is 14.3 Å². The molecular weight excluding hydrogens is 374 g/mol. The van der Waals surface area contributed by atoms with Crippen LogP contribution in [0.25, 0.3) is 0 Å². The fourth-order valence-corrected chi connectivity index (χ4v) is 3.02. The predicted molar refractivity (Wildman–Crippen MR) is 113 cm³/mol. The molecule has 1 aromatic heterocycles. The van der Waals surface area contributed by atoms with Crippen molar-refractivity contribution in [2.45, 2.75) is 46.6 Å². The number of carbonyl (C=O) groups is 1. The smallest absolute Gasteiger partial charge is 0.234 e. The Kier molecular flexibility index (Phi) is 7.95. The van der Waals surface area contributed by atoms with Gasteiger partial charge in [0.2, 0.25) is 5.91 Å². The van der Waals surface area contributed by atoms with Crippen LogP contribution in [0.4, 0.5) is 0 Å². The summed E-state index contributed by atoms with van der Waals surface area (Å²) in [6.07, 6.45) is 1.78. The number of benzene rings is 1. The molecule has 0 fully saturated rings. The Labute approximate surface area is 171 Å². The molecule has 1 heterocycles. The number of likely N-dealkylation sites (N-methyl/N-ethyl adjacent to an activating group) is 1. The second-order valence-electron chi connectivity index (χ2n) is 7.08. The number of ether oxygens (including phenoxy) is 1. The third-order valence-corrected chi connectivity index (χ3v) is 4.34. The number of aryl methyl sites for hydroxylation is 1. The molecule has 2 rings (SSSR count). The maximum absolute atomic E-state index is 12.0. The number of hydrogen-bond acceptors (Lipinski definition) is 5. The van der Waals surface area contributed by atoms with Gasteiger partial charge in [-0.2, -0.15) is 5.10 Å². The summed E-state index contributed by atoms with van der Waals surface area (Å²) in [6, 6.07) is 7.98. The lowest BCUT2D eigenvalue weighted by atomic mass is 10.2. The molecule has 0 aliphatic rings. The van der Waals surface area contributed by atoms with E-state index in [1.807, 2.05) is 61.6 Å². The van der Waals surface area contributed by atoms with Gasteiger partial charge in [0.25, 0.3) is 0 Å². The molecule has 0 unspecified atom stereocenters. The summed E-state index contributed by atoms with van der Waals surface area (Å²) in [5.74, 6) is 1.47.